The Morgan fingerprint density at radius 3 is 2.31 bits per heavy atom. The Hall–Kier alpha value is -0.160. The zero-order valence-electron chi connectivity index (χ0n) is 10.5. The van der Waals surface area contributed by atoms with E-state index in [1.165, 1.54) is 0 Å². The highest BCUT2D eigenvalue weighted by molar-refractivity contribution is 4.89. The van der Waals surface area contributed by atoms with E-state index in [2.05, 4.69) is 5.32 Å². The van der Waals surface area contributed by atoms with E-state index in [4.69, 9.17) is 9.47 Å². The van der Waals surface area contributed by atoms with E-state index in [1.807, 2.05) is 13.8 Å². The third-order valence-electron chi connectivity index (χ3n) is 3.00. The van der Waals surface area contributed by atoms with Crippen LogP contribution in [0.5, 0.6) is 0 Å². The highest BCUT2D eigenvalue weighted by Gasteiger charge is 2.33. The van der Waals surface area contributed by atoms with E-state index in [0.717, 1.165) is 32.2 Å². The number of hydrogen-bond acceptors (Lipinski definition) is 4. The van der Waals surface area contributed by atoms with Gasteiger partial charge in [-0.05, 0) is 33.1 Å². The minimum Gasteiger partial charge on any atom is -0.389 e. The minimum absolute atomic E-state index is 0.112. The lowest BCUT2D eigenvalue weighted by Gasteiger charge is -2.36. The number of aliphatic hydroxyl groups is 1. The first-order valence-electron chi connectivity index (χ1n) is 6.36. The lowest BCUT2D eigenvalue weighted by atomic mass is 9.80. The van der Waals surface area contributed by atoms with Crippen molar-refractivity contribution in [2.24, 2.45) is 0 Å². The third-order valence-corrected chi connectivity index (χ3v) is 3.00. The molecule has 0 aromatic carbocycles. The molecule has 0 saturated heterocycles. The highest BCUT2D eigenvalue weighted by Crippen LogP contribution is 2.30. The van der Waals surface area contributed by atoms with Crippen molar-refractivity contribution in [3.05, 3.63) is 0 Å². The Morgan fingerprint density at radius 2 is 1.88 bits per heavy atom. The van der Waals surface area contributed by atoms with Crippen molar-refractivity contribution in [3.8, 4) is 0 Å². The van der Waals surface area contributed by atoms with Gasteiger partial charge in [0.1, 0.15) is 0 Å². The Morgan fingerprint density at radius 1 is 1.25 bits per heavy atom. The van der Waals surface area contributed by atoms with E-state index in [0.29, 0.717) is 19.8 Å². The summed E-state index contributed by atoms with van der Waals surface area (Å²) in [6.45, 7) is 6.81. The Kier molecular flexibility index (Phi) is 6.28. The molecule has 0 amide bonds. The van der Waals surface area contributed by atoms with E-state index in [1.54, 1.807) is 0 Å². The van der Waals surface area contributed by atoms with Crippen molar-refractivity contribution in [2.75, 3.05) is 26.3 Å². The molecule has 1 aliphatic rings. The summed E-state index contributed by atoms with van der Waals surface area (Å²) >= 11 is 0. The summed E-state index contributed by atoms with van der Waals surface area (Å²) in [6.07, 6.45) is 3.73. The molecule has 0 atom stereocenters. The minimum atomic E-state index is -0.438. The summed E-state index contributed by atoms with van der Waals surface area (Å²) in [4.78, 5) is 0. The molecule has 0 aromatic heterocycles. The summed E-state index contributed by atoms with van der Waals surface area (Å²) in [5.41, 5.74) is -0.438. The van der Waals surface area contributed by atoms with Crippen LogP contribution in [0.25, 0.3) is 0 Å². The Balaban J connectivity index is 2.03. The average Bonchev–Trinajstić information content (AvgIpc) is 2.22. The lowest BCUT2D eigenvalue weighted by Crippen LogP contribution is -2.46. The second-order valence-corrected chi connectivity index (χ2v) is 4.38. The molecular formula is C12H25NO3. The molecule has 96 valence electrons. The van der Waals surface area contributed by atoms with Gasteiger partial charge in [-0.25, -0.2) is 0 Å². The Bertz CT molecular complexity index is 177. The molecule has 0 aliphatic heterocycles. The van der Waals surface area contributed by atoms with E-state index < -0.39 is 5.60 Å². The van der Waals surface area contributed by atoms with Gasteiger partial charge in [-0.3, -0.25) is 0 Å². The topological polar surface area (TPSA) is 50.7 Å². The van der Waals surface area contributed by atoms with Crippen molar-refractivity contribution >= 4 is 0 Å². The van der Waals surface area contributed by atoms with Gasteiger partial charge in [0, 0.05) is 32.7 Å². The van der Waals surface area contributed by atoms with Crippen molar-refractivity contribution in [2.45, 2.75) is 51.4 Å². The molecule has 0 radical (unpaired) electrons. The molecule has 16 heavy (non-hydrogen) atoms. The van der Waals surface area contributed by atoms with E-state index in [-0.39, 0.29) is 6.29 Å². The van der Waals surface area contributed by atoms with Crippen molar-refractivity contribution in [1.29, 1.82) is 0 Å². The van der Waals surface area contributed by atoms with Gasteiger partial charge in [0.15, 0.2) is 6.29 Å². The van der Waals surface area contributed by atoms with Gasteiger partial charge >= 0.3 is 0 Å². The molecule has 1 aliphatic carbocycles. The van der Waals surface area contributed by atoms with Crippen LogP contribution >= 0.6 is 0 Å². The monoisotopic (exact) mass is 231 g/mol. The number of hydrogen-bond donors (Lipinski definition) is 2. The molecule has 2 N–H and O–H groups in total. The normalized spacial score (nSPS) is 18.8. The average molecular weight is 231 g/mol. The molecule has 1 fully saturated rings. The summed E-state index contributed by atoms with van der Waals surface area (Å²) in [5, 5.41) is 13.1. The zero-order valence-corrected chi connectivity index (χ0v) is 10.5. The van der Waals surface area contributed by atoms with Crippen molar-refractivity contribution in [1.82, 2.24) is 5.32 Å². The van der Waals surface area contributed by atoms with E-state index in [9.17, 15) is 5.11 Å². The summed E-state index contributed by atoms with van der Waals surface area (Å²) in [6, 6.07) is 0. The molecule has 4 nitrogen and oxygen atoms in total. The first kappa shape index (κ1) is 13.9. The van der Waals surface area contributed by atoms with Crippen LogP contribution < -0.4 is 5.32 Å². The number of rotatable bonds is 9. The second kappa shape index (κ2) is 7.22. The largest absolute Gasteiger partial charge is 0.389 e. The van der Waals surface area contributed by atoms with Crippen LogP contribution in [0.3, 0.4) is 0 Å². The van der Waals surface area contributed by atoms with Crippen molar-refractivity contribution in [3.63, 3.8) is 0 Å². The standard InChI is InChI=1S/C12H25NO3/c1-3-15-11(16-4-2)6-9-13-10-12(14)7-5-8-12/h11,13-14H,3-10H2,1-2H3. The predicted molar refractivity (Wildman–Crippen MR) is 63.3 cm³/mol. The maximum absolute atomic E-state index is 9.86. The van der Waals surface area contributed by atoms with Crippen LogP contribution in [0.1, 0.15) is 39.5 Å². The SMILES string of the molecule is CCOC(CCNCC1(O)CCC1)OCC. The maximum Gasteiger partial charge on any atom is 0.158 e. The maximum atomic E-state index is 9.86. The molecule has 0 bridgehead atoms. The van der Waals surface area contributed by atoms with Crippen LogP contribution in [-0.4, -0.2) is 43.3 Å². The Labute approximate surface area is 98.3 Å². The van der Waals surface area contributed by atoms with E-state index >= 15 is 0 Å². The molecule has 0 aromatic rings. The fourth-order valence-electron chi connectivity index (χ4n) is 1.89. The van der Waals surface area contributed by atoms with Crippen LogP contribution in [0, 0.1) is 0 Å². The van der Waals surface area contributed by atoms with Gasteiger partial charge in [0.25, 0.3) is 0 Å². The highest BCUT2D eigenvalue weighted by atomic mass is 16.7. The predicted octanol–water partition coefficient (Wildman–Crippen LogP) is 1.28. The fourth-order valence-corrected chi connectivity index (χ4v) is 1.89. The number of nitrogens with one attached hydrogen (secondary N) is 1. The molecule has 1 rings (SSSR count). The molecule has 0 heterocycles. The summed E-state index contributed by atoms with van der Waals surface area (Å²) in [5.74, 6) is 0. The number of ether oxygens (including phenoxy) is 2. The van der Waals surface area contributed by atoms with Gasteiger partial charge in [0.05, 0.1) is 5.60 Å². The first-order valence-corrected chi connectivity index (χ1v) is 6.36. The third kappa shape index (κ3) is 4.78. The van der Waals surface area contributed by atoms with Gasteiger partial charge in [-0.1, -0.05) is 0 Å². The zero-order chi connectivity index (χ0) is 11.9. The fraction of sp³-hybridized carbons (Fsp3) is 1.00. The van der Waals surface area contributed by atoms with Crippen LogP contribution in [0.4, 0.5) is 0 Å². The first-order chi connectivity index (χ1) is 7.70. The molecule has 0 spiro atoms. The van der Waals surface area contributed by atoms with Crippen LogP contribution in [-0.2, 0) is 9.47 Å². The lowest BCUT2D eigenvalue weighted by molar-refractivity contribution is -0.139. The molecule has 0 unspecified atom stereocenters. The smallest absolute Gasteiger partial charge is 0.158 e. The van der Waals surface area contributed by atoms with Crippen LogP contribution in [0.15, 0.2) is 0 Å². The molecule has 4 heteroatoms. The van der Waals surface area contributed by atoms with Gasteiger partial charge in [-0.15, -0.1) is 0 Å². The van der Waals surface area contributed by atoms with Crippen LogP contribution in [0.2, 0.25) is 0 Å². The quantitative estimate of drug-likeness (QED) is 0.463. The second-order valence-electron chi connectivity index (χ2n) is 4.38. The van der Waals surface area contributed by atoms with Crippen molar-refractivity contribution < 1.29 is 14.6 Å². The van der Waals surface area contributed by atoms with Gasteiger partial charge in [0.2, 0.25) is 0 Å². The summed E-state index contributed by atoms with van der Waals surface area (Å²) < 4.78 is 10.9. The molecular weight excluding hydrogens is 206 g/mol. The van der Waals surface area contributed by atoms with Gasteiger partial charge < -0.3 is 19.9 Å². The molecule has 1 saturated carbocycles. The summed E-state index contributed by atoms with van der Waals surface area (Å²) in [7, 11) is 0. The van der Waals surface area contributed by atoms with Gasteiger partial charge in [-0.2, -0.15) is 0 Å².